The number of halogens is 3. The van der Waals surface area contributed by atoms with Crippen LogP contribution in [0.5, 0.6) is 5.75 Å². The minimum atomic E-state index is -4.74. The molecule has 0 spiro atoms. The predicted octanol–water partition coefficient (Wildman–Crippen LogP) is 4.60. The van der Waals surface area contributed by atoms with Crippen LogP contribution < -0.4 is 9.54 Å². The second-order valence-electron chi connectivity index (χ2n) is 6.65. The Morgan fingerprint density at radius 2 is 1.87 bits per heavy atom. The number of nitrogens with zero attached hydrogens (tertiary/aromatic N) is 4. The molecular formula is C20H18F3N5OS. The molecule has 2 heterocycles. The Hall–Kier alpha value is -3.14. The summed E-state index contributed by atoms with van der Waals surface area (Å²) in [6, 6.07) is 12.2. The van der Waals surface area contributed by atoms with E-state index < -0.39 is 6.36 Å². The Bertz CT molecular complexity index is 1220. The van der Waals surface area contributed by atoms with Gasteiger partial charge in [-0.3, -0.25) is 10.1 Å². The summed E-state index contributed by atoms with van der Waals surface area (Å²) in [6.07, 6.45) is -1.93. The maximum Gasteiger partial charge on any atom is 0.573 e. The lowest BCUT2D eigenvalue weighted by Crippen LogP contribution is -2.17. The molecule has 0 saturated heterocycles. The van der Waals surface area contributed by atoms with Crippen LogP contribution in [0.3, 0.4) is 0 Å². The molecule has 10 heteroatoms. The van der Waals surface area contributed by atoms with Crippen LogP contribution in [0.15, 0.2) is 48.7 Å². The molecule has 0 radical (unpaired) electrons. The van der Waals surface area contributed by atoms with Crippen LogP contribution in [-0.2, 0) is 19.5 Å². The minimum absolute atomic E-state index is 0.240. The molecule has 1 N–H and O–H groups in total. The van der Waals surface area contributed by atoms with Gasteiger partial charge in [0.15, 0.2) is 4.80 Å². The average Bonchev–Trinajstić information content (AvgIpc) is 3.29. The van der Waals surface area contributed by atoms with Crippen molar-refractivity contribution in [2.24, 2.45) is 0 Å². The summed E-state index contributed by atoms with van der Waals surface area (Å²) in [5.41, 5.74) is 3.66. The number of thiazole rings is 1. The first-order valence-corrected chi connectivity index (χ1v) is 10.1. The second-order valence-corrected chi connectivity index (χ2v) is 7.68. The van der Waals surface area contributed by atoms with Crippen molar-refractivity contribution >= 4 is 21.6 Å². The van der Waals surface area contributed by atoms with E-state index in [-0.39, 0.29) is 10.6 Å². The summed E-state index contributed by atoms with van der Waals surface area (Å²) in [7, 11) is 0. The summed E-state index contributed by atoms with van der Waals surface area (Å²) < 4.78 is 45.2. The van der Waals surface area contributed by atoms with Gasteiger partial charge in [-0.05, 0) is 30.2 Å². The molecule has 0 fully saturated rings. The van der Waals surface area contributed by atoms with Gasteiger partial charge < -0.3 is 9.30 Å². The van der Waals surface area contributed by atoms with Crippen LogP contribution in [0.25, 0.3) is 21.5 Å². The van der Waals surface area contributed by atoms with Crippen molar-refractivity contribution in [3.8, 4) is 17.0 Å². The van der Waals surface area contributed by atoms with Crippen LogP contribution in [-0.4, -0.2) is 25.9 Å². The highest BCUT2D eigenvalue weighted by Crippen LogP contribution is 2.28. The molecule has 0 bridgehead atoms. The summed E-state index contributed by atoms with van der Waals surface area (Å²) >= 11 is 1.10. The number of aryl methyl sites for hydroxylation is 3. The Kier molecular flexibility index (Phi) is 5.33. The molecule has 2 aromatic heterocycles. The SMILES string of the molecule is CCc1ccc(-c2cn(CCn3c(=N)sc4cc(OC(F)(F)F)ccc43)nn2)cc1. The quantitative estimate of drug-likeness (QED) is 0.483. The van der Waals surface area contributed by atoms with Gasteiger partial charge in [0, 0.05) is 12.1 Å². The number of rotatable bonds is 6. The van der Waals surface area contributed by atoms with Gasteiger partial charge in [0.2, 0.25) is 0 Å². The summed E-state index contributed by atoms with van der Waals surface area (Å²) in [5.74, 6) is -0.293. The molecule has 0 aliphatic heterocycles. The predicted molar refractivity (Wildman–Crippen MR) is 107 cm³/mol. The number of ether oxygens (including phenoxy) is 1. The molecule has 0 aliphatic rings. The van der Waals surface area contributed by atoms with Crippen molar-refractivity contribution in [2.45, 2.75) is 32.8 Å². The standard InChI is InChI=1S/C20H18F3N5OS/c1-2-13-3-5-14(6-4-13)16-12-27(26-25-16)9-10-28-17-8-7-15(29-20(21,22)23)11-18(17)30-19(28)24/h3-8,11-12,24H,2,9-10H2,1H3. The monoisotopic (exact) mass is 433 g/mol. The fourth-order valence-electron chi connectivity index (χ4n) is 3.14. The number of nitrogens with one attached hydrogen (secondary N) is 1. The number of fused-ring (bicyclic) bond motifs is 1. The molecule has 0 amide bonds. The molecule has 4 aromatic rings. The Balaban J connectivity index is 1.50. The van der Waals surface area contributed by atoms with Gasteiger partial charge in [-0.2, -0.15) is 0 Å². The van der Waals surface area contributed by atoms with E-state index >= 15 is 0 Å². The summed E-state index contributed by atoms with van der Waals surface area (Å²) in [6.45, 7) is 3.01. The maximum atomic E-state index is 12.4. The van der Waals surface area contributed by atoms with Crippen LogP contribution in [0.2, 0.25) is 0 Å². The van der Waals surface area contributed by atoms with Gasteiger partial charge >= 0.3 is 6.36 Å². The van der Waals surface area contributed by atoms with Crippen LogP contribution in [0.4, 0.5) is 13.2 Å². The summed E-state index contributed by atoms with van der Waals surface area (Å²) in [4.78, 5) is 0.240. The van der Waals surface area contributed by atoms with Gasteiger partial charge in [0.05, 0.1) is 23.0 Å². The van der Waals surface area contributed by atoms with Gasteiger partial charge in [-0.1, -0.05) is 47.7 Å². The summed E-state index contributed by atoms with van der Waals surface area (Å²) in [5, 5.41) is 16.5. The third kappa shape index (κ3) is 4.38. The highest BCUT2D eigenvalue weighted by Gasteiger charge is 2.31. The van der Waals surface area contributed by atoms with E-state index in [4.69, 9.17) is 5.41 Å². The van der Waals surface area contributed by atoms with Crippen LogP contribution >= 0.6 is 11.3 Å². The zero-order chi connectivity index (χ0) is 21.3. The van der Waals surface area contributed by atoms with Crippen LogP contribution in [0.1, 0.15) is 12.5 Å². The van der Waals surface area contributed by atoms with E-state index in [0.717, 1.165) is 29.0 Å². The lowest BCUT2D eigenvalue weighted by atomic mass is 10.1. The zero-order valence-corrected chi connectivity index (χ0v) is 16.8. The van der Waals surface area contributed by atoms with E-state index in [2.05, 4.69) is 34.1 Å². The smallest absolute Gasteiger partial charge is 0.406 e. The molecule has 4 rings (SSSR count). The fourth-order valence-corrected chi connectivity index (χ4v) is 4.11. The maximum absolute atomic E-state index is 12.4. The number of hydrogen-bond donors (Lipinski definition) is 1. The van der Waals surface area contributed by atoms with E-state index in [1.807, 2.05) is 18.3 Å². The van der Waals surface area contributed by atoms with Gasteiger partial charge in [0.25, 0.3) is 0 Å². The van der Waals surface area contributed by atoms with E-state index in [9.17, 15) is 13.2 Å². The molecule has 30 heavy (non-hydrogen) atoms. The normalized spacial score (nSPS) is 11.9. The van der Waals surface area contributed by atoms with E-state index in [1.54, 1.807) is 9.25 Å². The first kappa shape index (κ1) is 20.1. The molecule has 0 aliphatic carbocycles. The highest BCUT2D eigenvalue weighted by atomic mass is 32.1. The van der Waals surface area contributed by atoms with Crippen molar-refractivity contribution in [3.05, 3.63) is 59.0 Å². The lowest BCUT2D eigenvalue weighted by molar-refractivity contribution is -0.274. The van der Waals surface area contributed by atoms with Crippen molar-refractivity contribution in [1.29, 1.82) is 5.41 Å². The van der Waals surface area contributed by atoms with E-state index in [0.29, 0.717) is 23.3 Å². The average molecular weight is 433 g/mol. The minimum Gasteiger partial charge on any atom is -0.406 e. The number of benzene rings is 2. The Morgan fingerprint density at radius 3 is 2.57 bits per heavy atom. The van der Waals surface area contributed by atoms with Gasteiger partial charge in [-0.15, -0.1) is 18.3 Å². The second kappa shape index (κ2) is 7.94. The van der Waals surface area contributed by atoms with Gasteiger partial charge in [-0.25, -0.2) is 0 Å². The van der Waals surface area contributed by atoms with Crippen LogP contribution in [0, 0.1) is 5.41 Å². The first-order valence-electron chi connectivity index (χ1n) is 9.25. The number of aromatic nitrogens is 4. The molecule has 6 nitrogen and oxygen atoms in total. The first-order chi connectivity index (χ1) is 14.3. The fraction of sp³-hybridized carbons (Fsp3) is 0.250. The number of alkyl halides is 3. The van der Waals surface area contributed by atoms with Crippen molar-refractivity contribution in [2.75, 3.05) is 0 Å². The Morgan fingerprint density at radius 1 is 1.10 bits per heavy atom. The molecular weight excluding hydrogens is 415 g/mol. The highest BCUT2D eigenvalue weighted by molar-refractivity contribution is 7.16. The third-order valence-corrected chi connectivity index (χ3v) is 5.62. The topological polar surface area (TPSA) is 68.7 Å². The number of hydrogen-bond acceptors (Lipinski definition) is 5. The molecule has 0 unspecified atom stereocenters. The largest absolute Gasteiger partial charge is 0.573 e. The molecule has 0 saturated carbocycles. The molecule has 0 atom stereocenters. The van der Waals surface area contributed by atoms with Gasteiger partial charge in [0.1, 0.15) is 11.4 Å². The van der Waals surface area contributed by atoms with E-state index in [1.165, 1.54) is 23.8 Å². The van der Waals surface area contributed by atoms with Crippen molar-refractivity contribution in [1.82, 2.24) is 19.6 Å². The Labute approximate surface area is 173 Å². The lowest BCUT2D eigenvalue weighted by Gasteiger charge is -2.09. The third-order valence-electron chi connectivity index (χ3n) is 4.66. The van der Waals surface area contributed by atoms with Crippen molar-refractivity contribution < 1.29 is 17.9 Å². The molecule has 156 valence electrons. The van der Waals surface area contributed by atoms with Crippen molar-refractivity contribution in [3.63, 3.8) is 0 Å². The molecule has 2 aromatic carbocycles. The zero-order valence-electron chi connectivity index (χ0n) is 16.0.